The Bertz CT molecular complexity index is 375. The average molecular weight is 267 g/mol. The van der Waals surface area contributed by atoms with Crippen LogP contribution in [0.25, 0.3) is 0 Å². The summed E-state index contributed by atoms with van der Waals surface area (Å²) in [5, 5.41) is 11.0. The van der Waals surface area contributed by atoms with Crippen LogP contribution in [-0.2, 0) is 0 Å². The van der Waals surface area contributed by atoms with E-state index in [2.05, 4.69) is 42.8 Å². The van der Waals surface area contributed by atoms with Gasteiger partial charge in [0.15, 0.2) is 0 Å². The van der Waals surface area contributed by atoms with Crippen LogP contribution in [-0.4, -0.2) is 22.8 Å². The van der Waals surface area contributed by atoms with Crippen LogP contribution in [0.4, 0.5) is 5.13 Å². The van der Waals surface area contributed by atoms with Crippen LogP contribution in [0.1, 0.15) is 64.3 Å². The van der Waals surface area contributed by atoms with Gasteiger partial charge in [-0.15, -0.1) is 10.2 Å². The summed E-state index contributed by atoms with van der Waals surface area (Å²) < 4.78 is 0. The maximum Gasteiger partial charge on any atom is 0.208 e. The first-order valence-corrected chi connectivity index (χ1v) is 8.05. The molecule has 2 unspecified atom stereocenters. The maximum atomic E-state index is 4.41. The van der Waals surface area contributed by atoms with E-state index in [1.54, 1.807) is 11.3 Å². The van der Waals surface area contributed by atoms with Gasteiger partial charge in [0, 0.05) is 18.5 Å². The molecule has 1 saturated heterocycles. The summed E-state index contributed by atoms with van der Waals surface area (Å²) >= 11 is 1.78. The van der Waals surface area contributed by atoms with Gasteiger partial charge >= 0.3 is 0 Å². The minimum Gasteiger partial charge on any atom is -0.343 e. The first-order valence-electron chi connectivity index (χ1n) is 7.23. The zero-order chi connectivity index (χ0) is 13.1. The number of rotatable bonds is 5. The Hall–Kier alpha value is -0.640. The molecule has 3 nitrogen and oxygen atoms in total. The Kier molecular flexibility index (Phi) is 4.60. The largest absolute Gasteiger partial charge is 0.343 e. The van der Waals surface area contributed by atoms with E-state index in [0.29, 0.717) is 12.0 Å². The molecule has 1 aromatic heterocycles. The van der Waals surface area contributed by atoms with Gasteiger partial charge in [-0.3, -0.25) is 0 Å². The third kappa shape index (κ3) is 2.85. The predicted molar refractivity (Wildman–Crippen MR) is 78.4 cm³/mol. The summed E-state index contributed by atoms with van der Waals surface area (Å²) in [5.74, 6) is 1.26. The van der Waals surface area contributed by atoms with Gasteiger partial charge in [0.2, 0.25) is 5.13 Å². The molecule has 2 heterocycles. The van der Waals surface area contributed by atoms with Gasteiger partial charge in [-0.25, -0.2) is 0 Å². The fraction of sp³-hybridized carbons (Fsp3) is 0.857. The van der Waals surface area contributed by atoms with E-state index in [9.17, 15) is 0 Å². The highest BCUT2D eigenvalue weighted by molar-refractivity contribution is 7.15. The average Bonchev–Trinajstić information content (AvgIpc) is 2.98. The van der Waals surface area contributed by atoms with Crippen molar-refractivity contribution < 1.29 is 0 Å². The molecule has 0 aromatic carbocycles. The lowest BCUT2D eigenvalue weighted by atomic mass is 9.95. The molecule has 102 valence electrons. The number of hydrogen-bond donors (Lipinski definition) is 0. The van der Waals surface area contributed by atoms with E-state index >= 15 is 0 Å². The van der Waals surface area contributed by atoms with Crippen molar-refractivity contribution in [3.63, 3.8) is 0 Å². The first kappa shape index (κ1) is 13.8. The molecule has 4 heteroatoms. The second kappa shape index (κ2) is 6.00. The Labute approximate surface area is 115 Å². The summed E-state index contributed by atoms with van der Waals surface area (Å²) in [5.41, 5.74) is 0. The van der Waals surface area contributed by atoms with Gasteiger partial charge in [0.25, 0.3) is 0 Å². The molecule has 0 saturated carbocycles. The second-order valence-corrected chi connectivity index (χ2v) is 6.73. The van der Waals surface area contributed by atoms with Crippen LogP contribution in [0.2, 0.25) is 0 Å². The lowest BCUT2D eigenvalue weighted by molar-refractivity contribution is 0.421. The summed E-state index contributed by atoms with van der Waals surface area (Å²) in [6, 6.07) is 0.679. The third-order valence-electron chi connectivity index (χ3n) is 3.87. The molecule has 1 aliphatic rings. The molecule has 0 bridgehead atoms. The summed E-state index contributed by atoms with van der Waals surface area (Å²) in [6.45, 7) is 10.2. The van der Waals surface area contributed by atoms with E-state index in [1.807, 2.05) is 0 Å². The molecule has 1 aromatic rings. The molecular formula is C14H25N3S. The topological polar surface area (TPSA) is 29.0 Å². The number of aromatic nitrogens is 2. The third-order valence-corrected chi connectivity index (χ3v) is 5.13. The van der Waals surface area contributed by atoms with Crippen LogP contribution >= 0.6 is 11.3 Å². The minimum atomic E-state index is 0.491. The molecule has 0 N–H and O–H groups in total. The van der Waals surface area contributed by atoms with Crippen molar-refractivity contribution in [3.05, 3.63) is 5.01 Å². The van der Waals surface area contributed by atoms with Gasteiger partial charge in [-0.2, -0.15) is 0 Å². The number of hydrogen-bond acceptors (Lipinski definition) is 4. The molecule has 1 aliphatic heterocycles. The van der Waals surface area contributed by atoms with Crippen LogP contribution in [0.3, 0.4) is 0 Å². The predicted octanol–water partition coefficient (Wildman–Crippen LogP) is 4.07. The van der Waals surface area contributed by atoms with Crippen molar-refractivity contribution in [2.45, 2.75) is 65.3 Å². The van der Waals surface area contributed by atoms with Crippen molar-refractivity contribution in [2.75, 3.05) is 11.4 Å². The molecule has 0 radical (unpaired) electrons. The zero-order valence-corrected chi connectivity index (χ0v) is 12.8. The number of nitrogens with zero attached hydrogens (tertiary/aromatic N) is 3. The SMILES string of the molecule is CCCC(C)C1CCCN1c1nnc(C(C)C)s1. The van der Waals surface area contributed by atoms with Crippen LogP contribution in [0.15, 0.2) is 0 Å². The van der Waals surface area contributed by atoms with Crippen molar-refractivity contribution in [3.8, 4) is 0 Å². The molecule has 2 atom stereocenters. The number of anilines is 1. The van der Waals surface area contributed by atoms with Crippen LogP contribution in [0.5, 0.6) is 0 Å². The van der Waals surface area contributed by atoms with E-state index in [1.165, 1.54) is 30.7 Å². The van der Waals surface area contributed by atoms with Gasteiger partial charge in [0.1, 0.15) is 5.01 Å². The van der Waals surface area contributed by atoms with Crippen molar-refractivity contribution in [1.29, 1.82) is 0 Å². The fourth-order valence-electron chi connectivity index (χ4n) is 2.85. The van der Waals surface area contributed by atoms with Crippen molar-refractivity contribution in [2.24, 2.45) is 5.92 Å². The summed E-state index contributed by atoms with van der Waals surface area (Å²) in [7, 11) is 0. The van der Waals surface area contributed by atoms with E-state index < -0.39 is 0 Å². The normalized spacial score (nSPS) is 21.8. The minimum absolute atomic E-state index is 0.491. The van der Waals surface area contributed by atoms with E-state index in [4.69, 9.17) is 0 Å². The Balaban J connectivity index is 2.10. The van der Waals surface area contributed by atoms with E-state index in [-0.39, 0.29) is 0 Å². The Morgan fingerprint density at radius 1 is 1.33 bits per heavy atom. The smallest absolute Gasteiger partial charge is 0.208 e. The Morgan fingerprint density at radius 2 is 2.11 bits per heavy atom. The van der Waals surface area contributed by atoms with Crippen LogP contribution in [0, 0.1) is 5.92 Å². The zero-order valence-electron chi connectivity index (χ0n) is 12.0. The first-order chi connectivity index (χ1) is 8.63. The Morgan fingerprint density at radius 3 is 2.72 bits per heavy atom. The molecular weight excluding hydrogens is 242 g/mol. The quantitative estimate of drug-likeness (QED) is 0.805. The monoisotopic (exact) mass is 267 g/mol. The summed E-state index contributed by atoms with van der Waals surface area (Å²) in [6.07, 6.45) is 5.21. The summed E-state index contributed by atoms with van der Waals surface area (Å²) in [4.78, 5) is 2.50. The highest BCUT2D eigenvalue weighted by Gasteiger charge is 2.31. The second-order valence-electron chi connectivity index (χ2n) is 5.75. The molecule has 1 fully saturated rings. The molecule has 0 spiro atoms. The molecule has 2 rings (SSSR count). The lowest BCUT2D eigenvalue weighted by Crippen LogP contribution is -2.34. The highest BCUT2D eigenvalue weighted by atomic mass is 32.1. The van der Waals surface area contributed by atoms with Gasteiger partial charge in [0.05, 0.1) is 0 Å². The fourth-order valence-corrected chi connectivity index (χ4v) is 3.78. The van der Waals surface area contributed by atoms with Crippen LogP contribution < -0.4 is 4.90 Å². The lowest BCUT2D eigenvalue weighted by Gasteiger charge is -2.28. The van der Waals surface area contributed by atoms with Crippen molar-refractivity contribution >= 4 is 16.5 Å². The van der Waals surface area contributed by atoms with Gasteiger partial charge in [-0.1, -0.05) is 45.5 Å². The molecule has 0 amide bonds. The highest BCUT2D eigenvalue weighted by Crippen LogP contribution is 2.34. The van der Waals surface area contributed by atoms with E-state index in [0.717, 1.165) is 17.6 Å². The molecule has 0 aliphatic carbocycles. The van der Waals surface area contributed by atoms with Gasteiger partial charge < -0.3 is 4.90 Å². The maximum absolute atomic E-state index is 4.41. The standard InChI is InChI=1S/C14H25N3S/c1-5-7-11(4)12-8-6-9-17(12)14-16-15-13(18-14)10(2)3/h10-12H,5-9H2,1-4H3. The van der Waals surface area contributed by atoms with Crippen molar-refractivity contribution in [1.82, 2.24) is 10.2 Å². The van der Waals surface area contributed by atoms with Gasteiger partial charge in [-0.05, 0) is 25.2 Å². The molecule has 18 heavy (non-hydrogen) atoms.